The van der Waals surface area contributed by atoms with Crippen molar-refractivity contribution in [3.05, 3.63) is 76.4 Å². The van der Waals surface area contributed by atoms with Crippen molar-refractivity contribution in [2.24, 2.45) is 7.05 Å². The van der Waals surface area contributed by atoms with Crippen molar-refractivity contribution in [2.75, 3.05) is 0 Å². The van der Waals surface area contributed by atoms with Gasteiger partial charge in [0, 0.05) is 18.8 Å². The van der Waals surface area contributed by atoms with Gasteiger partial charge in [0.15, 0.2) is 11.6 Å². The number of hydrogen-bond donors (Lipinski definition) is 2. The van der Waals surface area contributed by atoms with Crippen molar-refractivity contribution < 1.29 is 14.6 Å². The van der Waals surface area contributed by atoms with E-state index in [4.69, 9.17) is 0 Å². The number of aryl methyl sites for hydroxylation is 2. The number of benzene rings is 2. The molecule has 0 fully saturated rings. The van der Waals surface area contributed by atoms with Gasteiger partial charge in [-0.25, -0.2) is 4.39 Å². The standard InChI is InChI=1S/C20H17FN2O2/c1-11-7-13(24)9-16-14(11)10-15(12-3-4-19(25)17(21)8-12)20(16)18-5-6-22-23(18)2/h3-9,24-25H,10H2,1-2H3. The van der Waals surface area contributed by atoms with E-state index in [1.165, 1.54) is 12.1 Å². The number of rotatable bonds is 2. The van der Waals surface area contributed by atoms with Gasteiger partial charge in [-0.15, -0.1) is 0 Å². The fourth-order valence-corrected chi connectivity index (χ4v) is 3.54. The molecular formula is C20H17FN2O2. The van der Waals surface area contributed by atoms with Crippen LogP contribution in [0.15, 0.2) is 42.6 Å². The third-order valence-corrected chi connectivity index (χ3v) is 4.76. The number of fused-ring (bicyclic) bond motifs is 1. The summed E-state index contributed by atoms with van der Waals surface area (Å²) >= 11 is 0. The summed E-state index contributed by atoms with van der Waals surface area (Å²) in [7, 11) is 1.85. The maximum absolute atomic E-state index is 13.9. The summed E-state index contributed by atoms with van der Waals surface area (Å²) in [5.41, 5.74) is 6.52. The lowest BCUT2D eigenvalue weighted by Gasteiger charge is -2.11. The second-order valence-corrected chi connectivity index (χ2v) is 6.33. The number of aromatic nitrogens is 2. The van der Waals surface area contributed by atoms with E-state index in [-0.39, 0.29) is 11.5 Å². The van der Waals surface area contributed by atoms with Crippen molar-refractivity contribution >= 4 is 11.1 Å². The Hall–Kier alpha value is -3.08. The summed E-state index contributed by atoms with van der Waals surface area (Å²) in [6.07, 6.45) is 2.34. The molecule has 1 aliphatic rings. The van der Waals surface area contributed by atoms with Gasteiger partial charge in [0.25, 0.3) is 0 Å². The van der Waals surface area contributed by atoms with Crippen molar-refractivity contribution in [2.45, 2.75) is 13.3 Å². The topological polar surface area (TPSA) is 58.3 Å². The Labute approximate surface area is 144 Å². The number of halogens is 1. The molecule has 0 unspecified atom stereocenters. The van der Waals surface area contributed by atoms with E-state index < -0.39 is 5.82 Å². The minimum atomic E-state index is -0.648. The average Bonchev–Trinajstić information content (AvgIpc) is 3.13. The molecule has 0 saturated heterocycles. The van der Waals surface area contributed by atoms with E-state index in [1.807, 2.05) is 20.0 Å². The molecule has 126 valence electrons. The Morgan fingerprint density at radius 1 is 1.12 bits per heavy atom. The molecule has 25 heavy (non-hydrogen) atoms. The summed E-state index contributed by atoms with van der Waals surface area (Å²) in [4.78, 5) is 0. The van der Waals surface area contributed by atoms with Crippen LogP contribution < -0.4 is 0 Å². The minimum absolute atomic E-state index is 0.203. The molecule has 2 aromatic carbocycles. The van der Waals surface area contributed by atoms with Gasteiger partial charge < -0.3 is 10.2 Å². The van der Waals surface area contributed by atoms with Crippen LogP contribution in [-0.4, -0.2) is 20.0 Å². The van der Waals surface area contributed by atoms with E-state index >= 15 is 0 Å². The lowest BCUT2D eigenvalue weighted by molar-refractivity contribution is 0.432. The van der Waals surface area contributed by atoms with Crippen molar-refractivity contribution in [1.29, 1.82) is 0 Å². The van der Waals surface area contributed by atoms with E-state index in [0.717, 1.165) is 33.5 Å². The first kappa shape index (κ1) is 15.4. The maximum Gasteiger partial charge on any atom is 0.165 e. The van der Waals surface area contributed by atoms with Gasteiger partial charge in [0.2, 0.25) is 0 Å². The second kappa shape index (κ2) is 5.48. The number of nitrogens with zero attached hydrogens (tertiary/aromatic N) is 2. The molecule has 0 radical (unpaired) electrons. The molecule has 2 N–H and O–H groups in total. The number of allylic oxidation sites excluding steroid dienone is 1. The van der Waals surface area contributed by atoms with Crippen LogP contribution in [0.1, 0.15) is 27.9 Å². The normalized spacial score (nSPS) is 13.4. The molecule has 0 amide bonds. The van der Waals surface area contributed by atoms with Gasteiger partial charge in [0.05, 0.1) is 5.69 Å². The third kappa shape index (κ3) is 2.39. The predicted octanol–water partition coefficient (Wildman–Crippen LogP) is 3.79. The number of hydrogen-bond acceptors (Lipinski definition) is 3. The monoisotopic (exact) mass is 336 g/mol. The summed E-state index contributed by atoms with van der Waals surface area (Å²) in [5, 5.41) is 23.8. The summed E-state index contributed by atoms with van der Waals surface area (Å²) < 4.78 is 15.7. The van der Waals surface area contributed by atoms with Gasteiger partial charge in [-0.2, -0.15) is 5.10 Å². The molecule has 4 rings (SSSR count). The first-order chi connectivity index (χ1) is 12.0. The van der Waals surface area contributed by atoms with Crippen LogP contribution in [0.25, 0.3) is 11.1 Å². The van der Waals surface area contributed by atoms with E-state index in [9.17, 15) is 14.6 Å². The van der Waals surface area contributed by atoms with Crippen LogP contribution in [0.5, 0.6) is 11.5 Å². The van der Waals surface area contributed by atoms with Crippen LogP contribution in [0.4, 0.5) is 4.39 Å². The molecule has 3 aromatic rings. The molecule has 0 saturated carbocycles. The van der Waals surface area contributed by atoms with Crippen molar-refractivity contribution in [3.63, 3.8) is 0 Å². The average molecular weight is 336 g/mol. The number of phenols is 2. The molecule has 5 heteroatoms. The predicted molar refractivity (Wildman–Crippen MR) is 93.7 cm³/mol. The Kier molecular flexibility index (Phi) is 3.39. The summed E-state index contributed by atoms with van der Waals surface area (Å²) in [6.45, 7) is 1.96. The zero-order valence-corrected chi connectivity index (χ0v) is 13.9. The zero-order valence-electron chi connectivity index (χ0n) is 13.9. The molecular weight excluding hydrogens is 319 g/mol. The third-order valence-electron chi connectivity index (χ3n) is 4.76. The quantitative estimate of drug-likeness (QED) is 0.748. The first-order valence-electron chi connectivity index (χ1n) is 7.99. The molecule has 1 aliphatic carbocycles. The molecule has 0 spiro atoms. The van der Waals surface area contributed by atoms with Gasteiger partial charge >= 0.3 is 0 Å². The summed E-state index contributed by atoms with van der Waals surface area (Å²) in [6, 6.07) is 9.81. The lowest BCUT2D eigenvalue weighted by atomic mass is 9.97. The molecule has 0 bridgehead atoms. The van der Waals surface area contributed by atoms with E-state index in [0.29, 0.717) is 12.0 Å². The highest BCUT2D eigenvalue weighted by atomic mass is 19.1. The van der Waals surface area contributed by atoms with Crippen LogP contribution in [-0.2, 0) is 13.5 Å². The Bertz CT molecular complexity index is 1030. The maximum atomic E-state index is 13.9. The lowest BCUT2D eigenvalue weighted by Crippen LogP contribution is -1.99. The van der Waals surface area contributed by atoms with Gasteiger partial charge in [-0.1, -0.05) is 6.07 Å². The highest BCUT2D eigenvalue weighted by molar-refractivity contribution is 6.03. The summed E-state index contributed by atoms with van der Waals surface area (Å²) in [5.74, 6) is -0.810. The Morgan fingerprint density at radius 2 is 1.92 bits per heavy atom. The van der Waals surface area contributed by atoms with E-state index in [2.05, 4.69) is 5.10 Å². The highest BCUT2D eigenvalue weighted by Crippen LogP contribution is 2.44. The molecule has 1 aromatic heterocycles. The smallest absolute Gasteiger partial charge is 0.165 e. The molecule has 0 aliphatic heterocycles. The van der Waals surface area contributed by atoms with Crippen LogP contribution >= 0.6 is 0 Å². The van der Waals surface area contributed by atoms with Gasteiger partial charge in [-0.05, 0) is 71.5 Å². The SMILES string of the molecule is Cc1cc(O)cc2c1CC(c1ccc(O)c(F)c1)=C2c1ccnn1C. The molecule has 1 heterocycles. The van der Waals surface area contributed by atoms with Crippen LogP contribution in [0.3, 0.4) is 0 Å². The second-order valence-electron chi connectivity index (χ2n) is 6.33. The van der Waals surface area contributed by atoms with E-state index in [1.54, 1.807) is 29.1 Å². The van der Waals surface area contributed by atoms with Gasteiger partial charge in [0.1, 0.15) is 5.75 Å². The van der Waals surface area contributed by atoms with Crippen LogP contribution in [0, 0.1) is 12.7 Å². The van der Waals surface area contributed by atoms with Crippen LogP contribution in [0.2, 0.25) is 0 Å². The largest absolute Gasteiger partial charge is 0.508 e. The van der Waals surface area contributed by atoms with Crippen molar-refractivity contribution in [3.8, 4) is 11.5 Å². The number of aromatic hydroxyl groups is 2. The number of phenolic OH excluding ortho intramolecular Hbond substituents is 2. The first-order valence-corrected chi connectivity index (χ1v) is 7.99. The molecule has 4 nitrogen and oxygen atoms in total. The van der Waals surface area contributed by atoms with Gasteiger partial charge in [-0.3, -0.25) is 4.68 Å². The molecule has 0 atom stereocenters. The fraction of sp³-hybridized carbons (Fsp3) is 0.150. The Morgan fingerprint density at radius 3 is 2.60 bits per heavy atom. The Balaban J connectivity index is 2.01. The minimum Gasteiger partial charge on any atom is -0.508 e. The fourth-order valence-electron chi connectivity index (χ4n) is 3.54. The zero-order chi connectivity index (χ0) is 17.7. The highest BCUT2D eigenvalue weighted by Gasteiger charge is 2.27. The van der Waals surface area contributed by atoms with Crippen molar-refractivity contribution in [1.82, 2.24) is 9.78 Å².